The number of thioether (sulfide) groups is 1. The van der Waals surface area contributed by atoms with Crippen LogP contribution in [-0.4, -0.2) is 22.0 Å². The zero-order valence-electron chi connectivity index (χ0n) is 8.44. The Kier molecular flexibility index (Phi) is 3.43. The number of hydrogen-bond donors (Lipinski definition) is 1. The highest BCUT2D eigenvalue weighted by Crippen LogP contribution is 2.26. The van der Waals surface area contributed by atoms with Crippen molar-refractivity contribution in [2.45, 2.75) is 31.2 Å². The molecule has 1 fully saturated rings. The molecular formula is C11H16N2S. The fraction of sp³-hybridized carbons (Fsp3) is 0.545. The van der Waals surface area contributed by atoms with Crippen LogP contribution in [0.15, 0.2) is 24.4 Å². The predicted octanol–water partition coefficient (Wildman–Crippen LogP) is 2.07. The first kappa shape index (κ1) is 9.99. The molecule has 2 nitrogen and oxygen atoms in total. The van der Waals surface area contributed by atoms with Crippen molar-refractivity contribution < 1.29 is 0 Å². The van der Waals surface area contributed by atoms with Crippen LogP contribution >= 0.6 is 11.8 Å². The zero-order valence-corrected chi connectivity index (χ0v) is 9.26. The highest BCUT2D eigenvalue weighted by molar-refractivity contribution is 8.00. The van der Waals surface area contributed by atoms with E-state index in [-0.39, 0.29) is 0 Å². The van der Waals surface area contributed by atoms with Gasteiger partial charge in [-0.2, -0.15) is 11.8 Å². The van der Waals surface area contributed by atoms with Crippen LogP contribution < -0.4 is 5.32 Å². The van der Waals surface area contributed by atoms with Crippen LogP contribution in [0.1, 0.15) is 19.0 Å². The second kappa shape index (κ2) is 4.80. The second-order valence-corrected chi connectivity index (χ2v) is 5.16. The van der Waals surface area contributed by atoms with Crippen LogP contribution in [0.25, 0.3) is 0 Å². The van der Waals surface area contributed by atoms with Gasteiger partial charge >= 0.3 is 0 Å². The molecule has 1 aliphatic heterocycles. The first-order valence-corrected chi connectivity index (χ1v) is 6.16. The summed E-state index contributed by atoms with van der Waals surface area (Å²) in [7, 11) is 0. The predicted molar refractivity (Wildman–Crippen MR) is 61.4 cm³/mol. The molecule has 3 heteroatoms. The van der Waals surface area contributed by atoms with Crippen molar-refractivity contribution in [3.05, 3.63) is 30.1 Å². The minimum atomic E-state index is 0.669. The average molecular weight is 208 g/mol. The van der Waals surface area contributed by atoms with Crippen molar-refractivity contribution in [3.63, 3.8) is 0 Å². The van der Waals surface area contributed by atoms with Crippen molar-refractivity contribution in [2.24, 2.45) is 0 Å². The molecule has 0 aliphatic carbocycles. The third-order valence-corrected chi connectivity index (χ3v) is 3.97. The molecule has 1 saturated heterocycles. The van der Waals surface area contributed by atoms with Crippen LogP contribution in [0.4, 0.5) is 0 Å². The number of nitrogens with one attached hydrogen (secondary N) is 1. The van der Waals surface area contributed by atoms with Crippen molar-refractivity contribution in [1.29, 1.82) is 0 Å². The van der Waals surface area contributed by atoms with E-state index >= 15 is 0 Å². The van der Waals surface area contributed by atoms with Crippen molar-refractivity contribution >= 4 is 11.8 Å². The molecular weight excluding hydrogens is 192 g/mol. The monoisotopic (exact) mass is 208 g/mol. The Bertz CT molecular complexity index is 276. The lowest BCUT2D eigenvalue weighted by atomic mass is 10.1. The van der Waals surface area contributed by atoms with E-state index in [0.29, 0.717) is 6.04 Å². The summed E-state index contributed by atoms with van der Waals surface area (Å²) in [5.74, 6) is 1.29. The number of hydrogen-bond acceptors (Lipinski definition) is 3. The van der Waals surface area contributed by atoms with E-state index in [1.807, 2.05) is 18.3 Å². The summed E-state index contributed by atoms with van der Waals surface area (Å²) in [6.07, 6.45) is 3.14. The summed E-state index contributed by atoms with van der Waals surface area (Å²) in [5, 5.41) is 4.31. The van der Waals surface area contributed by atoms with Crippen LogP contribution in [0.5, 0.6) is 0 Å². The normalized spacial score (nSPS) is 26.6. The molecule has 76 valence electrons. The average Bonchev–Trinajstić information content (AvgIpc) is 2.63. The molecule has 2 rings (SSSR count). The van der Waals surface area contributed by atoms with Gasteiger partial charge < -0.3 is 5.32 Å². The Morgan fingerprint density at radius 1 is 1.57 bits per heavy atom. The van der Waals surface area contributed by atoms with Gasteiger partial charge in [-0.25, -0.2) is 0 Å². The molecule has 1 aliphatic rings. The van der Waals surface area contributed by atoms with Gasteiger partial charge in [0.1, 0.15) is 0 Å². The van der Waals surface area contributed by atoms with E-state index in [1.165, 1.54) is 12.2 Å². The van der Waals surface area contributed by atoms with Gasteiger partial charge in [0.15, 0.2) is 0 Å². The first-order chi connectivity index (χ1) is 6.86. The maximum absolute atomic E-state index is 4.30. The van der Waals surface area contributed by atoms with Gasteiger partial charge in [0.05, 0.1) is 5.69 Å². The van der Waals surface area contributed by atoms with Gasteiger partial charge in [0.25, 0.3) is 0 Å². The molecule has 0 radical (unpaired) electrons. The highest BCUT2D eigenvalue weighted by Gasteiger charge is 2.22. The summed E-state index contributed by atoms with van der Waals surface area (Å²) in [6, 6.07) is 6.73. The lowest BCUT2D eigenvalue weighted by molar-refractivity contribution is 0.508. The minimum absolute atomic E-state index is 0.669. The van der Waals surface area contributed by atoms with E-state index in [9.17, 15) is 0 Å². The van der Waals surface area contributed by atoms with Crippen molar-refractivity contribution in [1.82, 2.24) is 10.3 Å². The first-order valence-electron chi connectivity index (χ1n) is 5.11. The van der Waals surface area contributed by atoms with Gasteiger partial charge in [-0.05, 0) is 24.3 Å². The summed E-state index contributed by atoms with van der Waals surface area (Å²) >= 11 is 2.06. The van der Waals surface area contributed by atoms with Gasteiger partial charge in [0.2, 0.25) is 0 Å². The number of aromatic nitrogens is 1. The maximum atomic E-state index is 4.30. The van der Waals surface area contributed by atoms with Gasteiger partial charge in [-0.3, -0.25) is 4.98 Å². The van der Waals surface area contributed by atoms with Crippen molar-refractivity contribution in [3.8, 4) is 0 Å². The Morgan fingerprint density at radius 3 is 3.14 bits per heavy atom. The van der Waals surface area contributed by atoms with Crippen molar-refractivity contribution in [2.75, 3.05) is 5.75 Å². The van der Waals surface area contributed by atoms with Gasteiger partial charge in [-0.15, -0.1) is 0 Å². The highest BCUT2D eigenvalue weighted by atomic mass is 32.2. The van der Waals surface area contributed by atoms with Crippen LogP contribution in [0, 0.1) is 0 Å². The zero-order chi connectivity index (χ0) is 9.80. The minimum Gasteiger partial charge on any atom is -0.307 e. The molecule has 1 aromatic rings. The van der Waals surface area contributed by atoms with Crippen LogP contribution in [0.3, 0.4) is 0 Å². The Morgan fingerprint density at radius 2 is 2.50 bits per heavy atom. The SMILES string of the molecule is CC1SCCC1NCc1ccccn1. The molecule has 1 N–H and O–H groups in total. The fourth-order valence-electron chi connectivity index (χ4n) is 1.74. The Balaban J connectivity index is 1.82. The van der Waals surface area contributed by atoms with Crippen LogP contribution in [0.2, 0.25) is 0 Å². The fourth-order valence-corrected chi connectivity index (χ4v) is 2.96. The molecule has 0 amide bonds. The number of pyridine rings is 1. The quantitative estimate of drug-likeness (QED) is 0.823. The van der Waals surface area contributed by atoms with E-state index in [4.69, 9.17) is 0 Å². The maximum Gasteiger partial charge on any atom is 0.0541 e. The third kappa shape index (κ3) is 2.49. The molecule has 0 saturated carbocycles. The topological polar surface area (TPSA) is 24.9 Å². The molecule has 2 heterocycles. The standard InChI is InChI=1S/C11H16N2S/c1-9-11(5-7-14-9)13-8-10-4-2-3-6-12-10/h2-4,6,9,11,13H,5,7-8H2,1H3. The number of nitrogens with zero attached hydrogens (tertiary/aromatic N) is 1. The van der Waals surface area contributed by atoms with Crippen LogP contribution in [-0.2, 0) is 6.54 Å². The Labute approximate surface area is 89.5 Å². The smallest absolute Gasteiger partial charge is 0.0541 e. The lowest BCUT2D eigenvalue weighted by Crippen LogP contribution is -2.33. The Hall–Kier alpha value is -0.540. The third-order valence-electron chi connectivity index (χ3n) is 2.65. The summed E-state index contributed by atoms with van der Waals surface area (Å²) in [4.78, 5) is 4.30. The van der Waals surface area contributed by atoms with Gasteiger partial charge in [-0.1, -0.05) is 13.0 Å². The summed E-state index contributed by atoms with van der Waals surface area (Å²) in [5.41, 5.74) is 1.14. The number of rotatable bonds is 3. The lowest BCUT2D eigenvalue weighted by Gasteiger charge is -2.15. The van der Waals surface area contributed by atoms with Gasteiger partial charge in [0, 0.05) is 24.0 Å². The summed E-state index contributed by atoms with van der Waals surface area (Å²) in [6.45, 7) is 3.20. The van der Waals surface area contributed by atoms with E-state index in [1.54, 1.807) is 0 Å². The summed E-state index contributed by atoms with van der Waals surface area (Å²) < 4.78 is 0. The molecule has 14 heavy (non-hydrogen) atoms. The molecule has 2 atom stereocenters. The van der Waals surface area contributed by atoms with E-state index in [2.05, 4.69) is 35.1 Å². The molecule has 1 aromatic heterocycles. The molecule has 0 bridgehead atoms. The van der Waals surface area contributed by atoms with E-state index in [0.717, 1.165) is 17.5 Å². The second-order valence-electron chi connectivity index (χ2n) is 3.67. The largest absolute Gasteiger partial charge is 0.307 e. The molecule has 0 spiro atoms. The molecule has 0 aromatic carbocycles. The van der Waals surface area contributed by atoms with E-state index < -0.39 is 0 Å². The molecule has 2 unspecified atom stereocenters.